The maximum absolute atomic E-state index is 13.2. The van der Waals surface area contributed by atoms with Crippen molar-refractivity contribution in [1.29, 1.82) is 0 Å². The zero-order chi connectivity index (χ0) is 54.4. The van der Waals surface area contributed by atoms with Crippen molar-refractivity contribution >= 4 is 34.8 Å². The second-order valence-corrected chi connectivity index (χ2v) is 18.2. The van der Waals surface area contributed by atoms with Gasteiger partial charge < -0.3 is 46.3 Å². The zero-order valence-electron chi connectivity index (χ0n) is 46.4. The molecule has 4 aromatic rings. The van der Waals surface area contributed by atoms with Crippen molar-refractivity contribution in [3.8, 4) is 11.5 Å². The van der Waals surface area contributed by atoms with Gasteiger partial charge >= 0.3 is 11.9 Å². The lowest BCUT2D eigenvalue weighted by molar-refractivity contribution is 0.0487. The van der Waals surface area contributed by atoms with Crippen LogP contribution in [0, 0.1) is 0 Å². The van der Waals surface area contributed by atoms with E-state index < -0.39 is 11.8 Å². The van der Waals surface area contributed by atoms with Gasteiger partial charge in [-0.15, -0.1) is 0 Å². The van der Waals surface area contributed by atoms with Crippen molar-refractivity contribution in [3.63, 3.8) is 0 Å². The number of nitrogens with one attached hydrogen (secondary N) is 1. The second-order valence-electron chi connectivity index (χ2n) is 18.2. The lowest BCUT2D eigenvalue weighted by Gasteiger charge is -2.24. The number of carbonyl (C=O) groups excluding carboxylic acids is 3. The number of nitrogens with two attached hydrogens (primary N) is 2. The molecule has 0 saturated heterocycles. The Balaban J connectivity index is 0.000000441. The van der Waals surface area contributed by atoms with Crippen LogP contribution in [0.5, 0.6) is 11.5 Å². The molecule has 0 aliphatic carbocycles. The van der Waals surface area contributed by atoms with Crippen LogP contribution in [0.4, 0.5) is 11.4 Å². The number of benzene rings is 4. The first kappa shape index (κ1) is 64.4. The van der Waals surface area contributed by atoms with E-state index in [2.05, 4.69) is 37.9 Å². The number of nitrogens with zero attached hydrogens (tertiary/aromatic N) is 3. The maximum atomic E-state index is 13.2. The van der Waals surface area contributed by atoms with Gasteiger partial charge in [0.2, 0.25) is 0 Å². The van der Waals surface area contributed by atoms with Gasteiger partial charge in [-0.1, -0.05) is 127 Å². The number of aliphatic imine (C=N–C) groups is 1. The Morgan fingerprint density at radius 3 is 1.36 bits per heavy atom. The molecule has 0 bridgehead atoms. The van der Waals surface area contributed by atoms with Crippen LogP contribution >= 0.6 is 0 Å². The average Bonchev–Trinajstić information content (AvgIpc) is 3.42. The number of phenolic OH excluding ortho intramolecular Hbond substituents is 2. The number of aromatic hydroxyl groups is 2. The first-order chi connectivity index (χ1) is 36.0. The van der Waals surface area contributed by atoms with E-state index in [0.29, 0.717) is 67.5 Å². The summed E-state index contributed by atoms with van der Waals surface area (Å²) in [7, 11) is 1.99. The number of unbranched alkanes of at least 4 members (excludes halogenated alkanes) is 12. The number of ether oxygens (including phenoxy) is 2. The van der Waals surface area contributed by atoms with E-state index in [0.717, 1.165) is 109 Å². The topological polar surface area (TPSA) is 193 Å². The Hall–Kier alpha value is -5.76. The lowest BCUT2D eigenvalue weighted by Crippen LogP contribution is -2.22. The highest BCUT2D eigenvalue weighted by Gasteiger charge is 2.24. The number of hydrogen-bond donors (Lipinski definition) is 5. The van der Waals surface area contributed by atoms with Crippen molar-refractivity contribution in [2.24, 2.45) is 16.5 Å². The number of para-hydroxylation sites is 2. The van der Waals surface area contributed by atoms with Crippen LogP contribution in [0.25, 0.3) is 0 Å². The minimum Gasteiger partial charge on any atom is -0.505 e. The summed E-state index contributed by atoms with van der Waals surface area (Å²) in [6.07, 6.45) is 17.3. The number of ketones is 1. The van der Waals surface area contributed by atoms with Crippen LogP contribution in [0.15, 0.2) is 89.9 Å². The number of rotatable bonds is 34. The minimum atomic E-state index is -0.509. The molecule has 0 aromatic heterocycles. The Morgan fingerprint density at radius 2 is 0.892 bits per heavy atom. The minimum absolute atomic E-state index is 0.0658. The first-order valence-corrected chi connectivity index (χ1v) is 27.9. The molecule has 0 atom stereocenters. The van der Waals surface area contributed by atoms with E-state index in [4.69, 9.17) is 25.9 Å². The predicted octanol–water partition coefficient (Wildman–Crippen LogP) is 12.3. The van der Waals surface area contributed by atoms with Gasteiger partial charge in [0, 0.05) is 49.4 Å². The molecule has 4 rings (SSSR count). The zero-order valence-corrected chi connectivity index (χ0v) is 46.4. The molecule has 4 aromatic carbocycles. The van der Waals surface area contributed by atoms with Crippen LogP contribution in [-0.2, 0) is 9.47 Å². The van der Waals surface area contributed by atoms with Gasteiger partial charge in [-0.25, -0.2) is 9.59 Å². The van der Waals surface area contributed by atoms with Crippen molar-refractivity contribution in [2.75, 3.05) is 82.4 Å². The summed E-state index contributed by atoms with van der Waals surface area (Å²) in [6.45, 7) is 19.4. The fourth-order valence-electron chi connectivity index (χ4n) is 8.41. The molecule has 0 spiro atoms. The summed E-state index contributed by atoms with van der Waals surface area (Å²) in [5, 5.41) is 25.2. The highest BCUT2D eigenvalue weighted by molar-refractivity contribution is 6.19. The fraction of sp³-hybridized carbons (Fsp3) is 0.541. The largest absolute Gasteiger partial charge is 0.505 e. The first-order valence-electron chi connectivity index (χ1n) is 27.9. The standard InChI is InChI=1S/C30H45N3O3.C24H31NO4.C7H18N2/c1-4-7-8-15-23-36-30(35)25-18-12-11-17-24(25)28(32-22-14-10-9-13-21-31)26-19-16-20-27(29(26)34)33(5-2)6-3;1-4-7-8-11-17-29-24(28)19-14-10-9-13-18(19)22(26)20-15-12-16-21(23(20)27)25(5-2)6-3;1-9-7-5-3-2-4-6-8/h11-12,16-20,34H,4-10,13-15,21-23,31H2,1-3H3;9-10,12-16,27H,4-8,11,17H2,1-3H3;9H,2-8H2,1H3. The van der Waals surface area contributed by atoms with Gasteiger partial charge in [-0.05, 0) is 129 Å². The Kier molecular flexibility index (Phi) is 34.5. The molecule has 0 unspecified atom stereocenters. The van der Waals surface area contributed by atoms with Crippen LogP contribution in [-0.4, -0.2) is 106 Å². The van der Waals surface area contributed by atoms with Gasteiger partial charge in [0.15, 0.2) is 5.78 Å². The van der Waals surface area contributed by atoms with E-state index in [-0.39, 0.29) is 34.2 Å². The summed E-state index contributed by atoms with van der Waals surface area (Å²) in [5.41, 5.74) is 15.4. The molecule has 0 saturated carbocycles. The smallest absolute Gasteiger partial charge is 0.338 e. The molecule has 13 nitrogen and oxygen atoms in total. The molecule has 0 radical (unpaired) electrons. The molecule has 7 N–H and O–H groups in total. The average molecular weight is 1020 g/mol. The van der Waals surface area contributed by atoms with Gasteiger partial charge in [-0.3, -0.25) is 9.79 Å². The van der Waals surface area contributed by atoms with Gasteiger partial charge in [0.25, 0.3) is 0 Å². The van der Waals surface area contributed by atoms with E-state index >= 15 is 0 Å². The van der Waals surface area contributed by atoms with E-state index in [1.165, 1.54) is 25.7 Å². The SMILES string of the molecule is CCCCCCOC(=O)c1ccccc1C(=NCCCCCCN)c1cccc(N(CC)CC)c1O.CCCCCCOC(=O)c1ccccc1C(=O)c1cccc(N(CC)CC)c1O.CNCCCCCCN. The fourth-order valence-corrected chi connectivity index (χ4v) is 8.41. The third kappa shape index (κ3) is 22.4. The van der Waals surface area contributed by atoms with Crippen molar-refractivity contribution in [3.05, 3.63) is 118 Å². The molecular weight excluding hydrogens is 929 g/mol. The van der Waals surface area contributed by atoms with Gasteiger partial charge in [0.1, 0.15) is 11.5 Å². The van der Waals surface area contributed by atoms with Crippen molar-refractivity contribution in [2.45, 2.75) is 144 Å². The summed E-state index contributed by atoms with van der Waals surface area (Å²) in [6, 6.07) is 24.9. The molecule has 0 heterocycles. The van der Waals surface area contributed by atoms with E-state index in [1.54, 1.807) is 48.5 Å². The third-order valence-corrected chi connectivity index (χ3v) is 12.8. The summed E-state index contributed by atoms with van der Waals surface area (Å²) in [5.74, 6) is -1.13. The summed E-state index contributed by atoms with van der Waals surface area (Å²) < 4.78 is 11.0. The lowest BCUT2D eigenvalue weighted by atomic mass is 9.95. The Bertz CT molecular complexity index is 2200. The molecule has 0 aliphatic rings. The highest BCUT2D eigenvalue weighted by Crippen LogP contribution is 2.35. The second kappa shape index (κ2) is 39.7. The molecule has 13 heteroatoms. The van der Waals surface area contributed by atoms with Crippen LogP contribution < -0.4 is 26.6 Å². The third-order valence-electron chi connectivity index (χ3n) is 12.8. The molecule has 410 valence electrons. The quantitative estimate of drug-likeness (QED) is 0.0129. The Morgan fingerprint density at radius 1 is 0.486 bits per heavy atom. The van der Waals surface area contributed by atoms with E-state index in [1.807, 2.05) is 62.2 Å². The van der Waals surface area contributed by atoms with Crippen LogP contribution in [0.1, 0.15) is 192 Å². The molecule has 0 aliphatic heterocycles. The van der Waals surface area contributed by atoms with Gasteiger partial charge in [0.05, 0.1) is 47.0 Å². The molecular formula is C61H94N6O7. The van der Waals surface area contributed by atoms with Crippen molar-refractivity contribution in [1.82, 2.24) is 5.32 Å². The molecule has 0 fully saturated rings. The summed E-state index contributed by atoms with van der Waals surface area (Å²) in [4.78, 5) is 47.8. The highest BCUT2D eigenvalue weighted by atomic mass is 16.5. The van der Waals surface area contributed by atoms with Crippen molar-refractivity contribution < 1.29 is 34.1 Å². The van der Waals surface area contributed by atoms with E-state index in [9.17, 15) is 24.6 Å². The number of anilines is 2. The Labute approximate surface area is 445 Å². The van der Waals surface area contributed by atoms with Crippen LogP contribution in [0.2, 0.25) is 0 Å². The number of carbonyl (C=O) groups is 3. The maximum Gasteiger partial charge on any atom is 0.338 e. The summed E-state index contributed by atoms with van der Waals surface area (Å²) >= 11 is 0. The number of phenols is 2. The normalized spacial score (nSPS) is 11.0. The predicted molar refractivity (Wildman–Crippen MR) is 308 cm³/mol. The number of esters is 2. The molecule has 0 amide bonds. The van der Waals surface area contributed by atoms with Gasteiger partial charge in [-0.2, -0.15) is 0 Å². The van der Waals surface area contributed by atoms with Crippen LogP contribution in [0.3, 0.4) is 0 Å². The monoisotopic (exact) mass is 1020 g/mol. The molecule has 74 heavy (non-hydrogen) atoms. The number of hydrogen-bond acceptors (Lipinski definition) is 13.